The van der Waals surface area contributed by atoms with E-state index in [0.29, 0.717) is 11.1 Å². The number of benzene rings is 2. The summed E-state index contributed by atoms with van der Waals surface area (Å²) in [6, 6.07) is 12.2. The number of carbonyl (C=O) groups is 1. The molecule has 1 amide bonds. The summed E-state index contributed by atoms with van der Waals surface area (Å²) < 4.78 is 0. The predicted octanol–water partition coefficient (Wildman–Crippen LogP) is 2.47. The number of carbonyl (C=O) groups excluding carboxylic acids is 1. The Morgan fingerprint density at radius 3 is 2.47 bits per heavy atom. The van der Waals surface area contributed by atoms with E-state index in [1.807, 2.05) is 31.2 Å². The van der Waals surface area contributed by atoms with Gasteiger partial charge in [-0.3, -0.25) is 4.79 Å². The second-order valence-electron chi connectivity index (χ2n) is 3.91. The van der Waals surface area contributed by atoms with Crippen LogP contribution in [0.1, 0.15) is 15.9 Å². The average Bonchev–Trinajstić information content (AvgIpc) is 2.29. The van der Waals surface area contributed by atoms with E-state index < -0.39 is 5.91 Å². The molecule has 0 bridgehead atoms. The Morgan fingerprint density at radius 1 is 1.12 bits per heavy atom. The van der Waals surface area contributed by atoms with Crippen LogP contribution in [-0.4, -0.2) is 11.0 Å². The van der Waals surface area contributed by atoms with Crippen molar-refractivity contribution < 1.29 is 9.90 Å². The van der Waals surface area contributed by atoms with Crippen molar-refractivity contribution in [1.82, 2.24) is 0 Å². The fourth-order valence-corrected chi connectivity index (χ4v) is 1.85. The van der Waals surface area contributed by atoms with Crippen LogP contribution in [0.25, 0.3) is 11.1 Å². The van der Waals surface area contributed by atoms with Crippen LogP contribution in [0.4, 0.5) is 0 Å². The molecule has 0 atom stereocenters. The van der Waals surface area contributed by atoms with Gasteiger partial charge in [0, 0.05) is 5.56 Å². The summed E-state index contributed by atoms with van der Waals surface area (Å²) in [5.41, 5.74) is 8.34. The first-order valence-corrected chi connectivity index (χ1v) is 5.28. The molecule has 0 saturated heterocycles. The summed E-state index contributed by atoms with van der Waals surface area (Å²) >= 11 is 0. The minimum atomic E-state index is -0.497. The van der Waals surface area contributed by atoms with Gasteiger partial charge in [-0.1, -0.05) is 24.3 Å². The van der Waals surface area contributed by atoms with E-state index in [1.54, 1.807) is 12.1 Å². The molecule has 0 aliphatic rings. The van der Waals surface area contributed by atoms with Crippen molar-refractivity contribution in [2.45, 2.75) is 6.92 Å². The first-order chi connectivity index (χ1) is 8.09. The van der Waals surface area contributed by atoms with Gasteiger partial charge in [-0.25, -0.2) is 0 Å². The lowest BCUT2D eigenvalue weighted by Gasteiger charge is -2.10. The average molecular weight is 227 g/mol. The Morgan fingerprint density at radius 2 is 1.82 bits per heavy atom. The molecule has 0 radical (unpaired) electrons. The molecule has 17 heavy (non-hydrogen) atoms. The Labute approximate surface area is 99.5 Å². The number of primary amides is 1. The van der Waals surface area contributed by atoms with E-state index in [1.165, 1.54) is 6.07 Å². The van der Waals surface area contributed by atoms with Gasteiger partial charge in [0.15, 0.2) is 0 Å². The molecule has 0 heterocycles. The van der Waals surface area contributed by atoms with Crippen molar-refractivity contribution >= 4 is 5.91 Å². The SMILES string of the molecule is Cc1ccccc1-c1cc(O)ccc1C(N)=O. The summed E-state index contributed by atoms with van der Waals surface area (Å²) in [4.78, 5) is 11.4. The summed E-state index contributed by atoms with van der Waals surface area (Å²) in [6.45, 7) is 1.95. The number of phenols is 1. The minimum absolute atomic E-state index is 0.119. The molecule has 86 valence electrons. The highest BCUT2D eigenvalue weighted by Crippen LogP contribution is 2.29. The lowest BCUT2D eigenvalue weighted by Crippen LogP contribution is -2.12. The first kappa shape index (κ1) is 11.2. The molecule has 2 aromatic rings. The highest BCUT2D eigenvalue weighted by molar-refractivity contribution is 6.00. The maximum absolute atomic E-state index is 11.4. The zero-order valence-corrected chi connectivity index (χ0v) is 9.47. The molecule has 0 unspecified atom stereocenters. The topological polar surface area (TPSA) is 63.3 Å². The number of phenolic OH excluding ortho intramolecular Hbond substituents is 1. The maximum atomic E-state index is 11.4. The van der Waals surface area contributed by atoms with Crippen LogP contribution in [0, 0.1) is 6.92 Å². The molecule has 2 aromatic carbocycles. The third kappa shape index (κ3) is 2.13. The molecular formula is C14H13NO2. The van der Waals surface area contributed by atoms with Crippen LogP contribution in [-0.2, 0) is 0 Å². The smallest absolute Gasteiger partial charge is 0.249 e. The molecular weight excluding hydrogens is 214 g/mol. The van der Waals surface area contributed by atoms with Crippen LogP contribution in [0.15, 0.2) is 42.5 Å². The number of nitrogens with two attached hydrogens (primary N) is 1. The fourth-order valence-electron chi connectivity index (χ4n) is 1.85. The van der Waals surface area contributed by atoms with E-state index in [4.69, 9.17) is 5.73 Å². The number of rotatable bonds is 2. The Kier molecular flexibility index (Phi) is 2.83. The van der Waals surface area contributed by atoms with Gasteiger partial charge in [-0.05, 0) is 41.8 Å². The molecule has 0 aliphatic carbocycles. The molecule has 0 saturated carbocycles. The second-order valence-corrected chi connectivity index (χ2v) is 3.91. The predicted molar refractivity (Wildman–Crippen MR) is 66.8 cm³/mol. The highest BCUT2D eigenvalue weighted by Gasteiger charge is 2.12. The molecule has 2 rings (SSSR count). The van der Waals surface area contributed by atoms with Crippen molar-refractivity contribution in [3.8, 4) is 16.9 Å². The zero-order valence-electron chi connectivity index (χ0n) is 9.47. The van der Waals surface area contributed by atoms with Crippen molar-refractivity contribution in [2.24, 2.45) is 5.73 Å². The van der Waals surface area contributed by atoms with Gasteiger partial charge in [-0.2, -0.15) is 0 Å². The molecule has 0 aliphatic heterocycles. The van der Waals surface area contributed by atoms with Gasteiger partial charge >= 0.3 is 0 Å². The number of aryl methyl sites for hydroxylation is 1. The normalized spacial score (nSPS) is 10.2. The van der Waals surface area contributed by atoms with Crippen molar-refractivity contribution in [3.05, 3.63) is 53.6 Å². The molecule has 3 nitrogen and oxygen atoms in total. The lowest BCUT2D eigenvalue weighted by molar-refractivity contribution is 0.100. The van der Waals surface area contributed by atoms with Crippen LogP contribution < -0.4 is 5.73 Å². The lowest BCUT2D eigenvalue weighted by atomic mass is 9.95. The number of hydrogen-bond donors (Lipinski definition) is 2. The fraction of sp³-hybridized carbons (Fsp3) is 0.0714. The largest absolute Gasteiger partial charge is 0.508 e. The van der Waals surface area contributed by atoms with Gasteiger partial charge in [-0.15, -0.1) is 0 Å². The van der Waals surface area contributed by atoms with Crippen LogP contribution in [0.3, 0.4) is 0 Å². The van der Waals surface area contributed by atoms with Crippen LogP contribution in [0.2, 0.25) is 0 Å². The molecule has 0 aromatic heterocycles. The van der Waals surface area contributed by atoms with E-state index in [0.717, 1.165) is 11.1 Å². The number of amides is 1. The third-order valence-corrected chi connectivity index (χ3v) is 2.70. The van der Waals surface area contributed by atoms with Gasteiger partial charge < -0.3 is 10.8 Å². The van der Waals surface area contributed by atoms with E-state index in [2.05, 4.69) is 0 Å². The molecule has 3 heteroatoms. The maximum Gasteiger partial charge on any atom is 0.249 e. The highest BCUT2D eigenvalue weighted by atomic mass is 16.3. The van der Waals surface area contributed by atoms with Crippen LogP contribution in [0.5, 0.6) is 5.75 Å². The third-order valence-electron chi connectivity index (χ3n) is 2.70. The van der Waals surface area contributed by atoms with Gasteiger partial charge in [0.2, 0.25) is 5.91 Å². The standard InChI is InChI=1S/C14H13NO2/c1-9-4-2-3-5-11(9)13-8-10(16)6-7-12(13)14(15)17/h2-8,16H,1H3,(H2,15,17). The van der Waals surface area contributed by atoms with Crippen molar-refractivity contribution in [2.75, 3.05) is 0 Å². The number of hydrogen-bond acceptors (Lipinski definition) is 2. The first-order valence-electron chi connectivity index (χ1n) is 5.28. The van der Waals surface area contributed by atoms with Crippen LogP contribution >= 0.6 is 0 Å². The Balaban J connectivity index is 2.70. The Hall–Kier alpha value is -2.29. The minimum Gasteiger partial charge on any atom is -0.508 e. The summed E-state index contributed by atoms with van der Waals surface area (Å²) in [5, 5.41) is 9.52. The quantitative estimate of drug-likeness (QED) is 0.827. The summed E-state index contributed by atoms with van der Waals surface area (Å²) in [5.74, 6) is -0.378. The molecule has 3 N–H and O–H groups in total. The van der Waals surface area contributed by atoms with Crippen molar-refractivity contribution in [3.63, 3.8) is 0 Å². The van der Waals surface area contributed by atoms with E-state index >= 15 is 0 Å². The Bertz CT molecular complexity index is 576. The van der Waals surface area contributed by atoms with E-state index in [-0.39, 0.29) is 5.75 Å². The summed E-state index contributed by atoms with van der Waals surface area (Å²) in [6.07, 6.45) is 0. The zero-order chi connectivity index (χ0) is 12.4. The molecule has 0 fully saturated rings. The number of aromatic hydroxyl groups is 1. The monoisotopic (exact) mass is 227 g/mol. The summed E-state index contributed by atoms with van der Waals surface area (Å²) in [7, 11) is 0. The molecule has 0 spiro atoms. The van der Waals surface area contributed by atoms with Gasteiger partial charge in [0.1, 0.15) is 5.75 Å². The van der Waals surface area contributed by atoms with Crippen molar-refractivity contribution in [1.29, 1.82) is 0 Å². The van der Waals surface area contributed by atoms with E-state index in [9.17, 15) is 9.90 Å². The second kappa shape index (κ2) is 4.29. The van der Waals surface area contributed by atoms with Gasteiger partial charge in [0.25, 0.3) is 0 Å². The van der Waals surface area contributed by atoms with Gasteiger partial charge in [0.05, 0.1) is 0 Å².